The van der Waals surface area contributed by atoms with Gasteiger partial charge in [0, 0.05) is 6.42 Å². The first kappa shape index (κ1) is 77.4. The highest BCUT2D eigenvalue weighted by Gasteiger charge is 2.47. The number of aliphatic hydroxyl groups is 5. The number of rotatable bonds is 59. The molecule has 1 aliphatic heterocycles. The van der Waals surface area contributed by atoms with Gasteiger partial charge in [-0.2, -0.15) is 0 Å². The maximum atomic E-state index is 13.5. The van der Waals surface area contributed by atoms with E-state index in [-0.39, 0.29) is 13.0 Å². The van der Waals surface area contributed by atoms with Crippen molar-refractivity contribution in [1.82, 2.24) is 5.32 Å². The van der Waals surface area contributed by atoms with E-state index in [0.29, 0.717) is 19.3 Å². The van der Waals surface area contributed by atoms with Gasteiger partial charge in [0.05, 0.1) is 25.4 Å². The summed E-state index contributed by atoms with van der Waals surface area (Å²) >= 11 is 0. The Morgan fingerprint density at radius 3 is 1.28 bits per heavy atom. The molecule has 8 atom stereocenters. The Hall–Kier alpha value is -2.64. The Morgan fingerprint density at radius 1 is 0.476 bits per heavy atom. The van der Waals surface area contributed by atoms with E-state index in [1.165, 1.54) is 167 Å². The molecule has 1 fully saturated rings. The quantitative estimate of drug-likeness (QED) is 0.0195. The topological polar surface area (TPSA) is 175 Å². The molecule has 1 rings (SSSR count). The maximum absolute atomic E-state index is 13.5. The molecule has 6 N–H and O–H groups in total. The Balaban J connectivity index is 2.61. The van der Waals surface area contributed by atoms with Gasteiger partial charge in [-0.05, 0) is 70.6 Å². The Bertz CT molecular complexity index is 1560. The van der Waals surface area contributed by atoms with Crippen LogP contribution in [0.25, 0.3) is 0 Å². The van der Waals surface area contributed by atoms with Crippen molar-refractivity contribution in [2.75, 3.05) is 13.2 Å². The average Bonchev–Trinajstić information content (AvgIpc) is 3.44. The smallest absolute Gasteiger partial charge is 0.306 e. The molecule has 8 unspecified atom stereocenters. The van der Waals surface area contributed by atoms with Gasteiger partial charge in [-0.1, -0.05) is 300 Å². The molecule has 11 nitrogen and oxygen atoms in total. The number of hydrogen-bond acceptors (Lipinski definition) is 10. The first-order chi connectivity index (χ1) is 40.2. The molecule has 1 amide bonds. The second-order valence-corrected chi connectivity index (χ2v) is 23.9. The molecule has 0 saturated carbocycles. The Labute approximate surface area is 503 Å². The van der Waals surface area contributed by atoms with Gasteiger partial charge in [0.15, 0.2) is 12.4 Å². The zero-order valence-corrected chi connectivity index (χ0v) is 53.1. The van der Waals surface area contributed by atoms with Crippen LogP contribution in [0, 0.1) is 0 Å². The third-order valence-electron chi connectivity index (χ3n) is 16.2. The van der Waals surface area contributed by atoms with Crippen LogP contribution in [-0.4, -0.2) is 99.6 Å². The lowest BCUT2D eigenvalue weighted by Crippen LogP contribution is -2.61. The molecule has 1 heterocycles. The first-order valence-electron chi connectivity index (χ1n) is 34.6. The summed E-state index contributed by atoms with van der Waals surface area (Å²) in [6, 6.07) is -1.03. The molecule has 478 valence electrons. The van der Waals surface area contributed by atoms with E-state index < -0.39 is 67.4 Å². The molecule has 0 aromatic heterocycles. The zero-order valence-electron chi connectivity index (χ0n) is 53.1. The van der Waals surface area contributed by atoms with Crippen molar-refractivity contribution in [2.45, 2.75) is 365 Å². The normalized spacial score (nSPS) is 19.0. The van der Waals surface area contributed by atoms with E-state index in [1.807, 2.05) is 6.08 Å². The van der Waals surface area contributed by atoms with E-state index in [4.69, 9.17) is 14.2 Å². The predicted octanol–water partition coefficient (Wildman–Crippen LogP) is 17.3. The summed E-state index contributed by atoms with van der Waals surface area (Å²) in [5.74, 6) is -1.20. The molecule has 1 saturated heterocycles. The van der Waals surface area contributed by atoms with Gasteiger partial charge in [0.2, 0.25) is 5.91 Å². The van der Waals surface area contributed by atoms with Crippen LogP contribution in [0.4, 0.5) is 0 Å². The second kappa shape index (κ2) is 58.7. The van der Waals surface area contributed by atoms with Crippen molar-refractivity contribution >= 4 is 11.9 Å². The summed E-state index contributed by atoms with van der Waals surface area (Å²) in [6.45, 7) is 5.79. The van der Waals surface area contributed by atoms with Crippen molar-refractivity contribution in [1.29, 1.82) is 0 Å². The van der Waals surface area contributed by atoms with Crippen LogP contribution in [0.2, 0.25) is 0 Å². The van der Waals surface area contributed by atoms with Gasteiger partial charge < -0.3 is 45.1 Å². The minimum Gasteiger partial charge on any atom is -0.454 e. The van der Waals surface area contributed by atoms with Gasteiger partial charge in [0.1, 0.15) is 24.4 Å². The zero-order chi connectivity index (χ0) is 59.6. The molecule has 0 bridgehead atoms. The summed E-state index contributed by atoms with van der Waals surface area (Å²) in [6.07, 6.45) is 63.9. The third kappa shape index (κ3) is 45.7. The lowest BCUT2D eigenvalue weighted by Gasteiger charge is -2.41. The number of carbonyl (C=O) groups is 2. The fourth-order valence-corrected chi connectivity index (χ4v) is 10.7. The molecule has 11 heteroatoms. The number of hydrogen-bond donors (Lipinski definition) is 6. The predicted molar refractivity (Wildman–Crippen MR) is 343 cm³/mol. The van der Waals surface area contributed by atoms with Gasteiger partial charge >= 0.3 is 5.97 Å². The van der Waals surface area contributed by atoms with Crippen LogP contribution in [0.1, 0.15) is 316 Å². The van der Waals surface area contributed by atoms with Gasteiger partial charge in [-0.25, -0.2) is 0 Å². The summed E-state index contributed by atoms with van der Waals surface area (Å²) in [5, 5.41) is 57.2. The average molecular weight is 1160 g/mol. The van der Waals surface area contributed by atoms with Gasteiger partial charge in [0.25, 0.3) is 0 Å². The van der Waals surface area contributed by atoms with Crippen LogP contribution in [0.3, 0.4) is 0 Å². The molecular formula is C71H129NO10. The van der Waals surface area contributed by atoms with Crippen molar-refractivity contribution in [3.05, 3.63) is 60.8 Å². The van der Waals surface area contributed by atoms with E-state index in [1.54, 1.807) is 6.08 Å². The number of nitrogens with one attached hydrogen (secondary N) is 1. The van der Waals surface area contributed by atoms with Crippen molar-refractivity contribution < 1.29 is 49.3 Å². The molecule has 0 aromatic carbocycles. The SMILES string of the molecule is CCCCC/C=C\C/C=C\C/C=C\C/C=C\CCCCCCCCCC(=O)OC1C(OCC(NC(=O)C(O)CCCCCCCCCCCCCCCCCCCC)C(O)/C=C/CCCCCCCCCCCC)OC(CO)C(O)C1O. The van der Waals surface area contributed by atoms with Crippen LogP contribution in [-0.2, 0) is 23.8 Å². The number of aliphatic hydroxyl groups excluding tert-OH is 5. The summed E-state index contributed by atoms with van der Waals surface area (Å²) in [4.78, 5) is 26.6. The molecule has 0 aliphatic carbocycles. The van der Waals surface area contributed by atoms with Crippen LogP contribution in [0.5, 0.6) is 0 Å². The van der Waals surface area contributed by atoms with Crippen LogP contribution >= 0.6 is 0 Å². The first-order valence-corrected chi connectivity index (χ1v) is 34.6. The van der Waals surface area contributed by atoms with E-state index >= 15 is 0 Å². The van der Waals surface area contributed by atoms with Crippen molar-refractivity contribution in [2.24, 2.45) is 0 Å². The Kier molecular flexibility index (Phi) is 55.4. The summed E-state index contributed by atoms with van der Waals surface area (Å²) in [7, 11) is 0. The minimum absolute atomic E-state index is 0.111. The number of unbranched alkanes of at least 4 members (excludes halogenated alkanes) is 37. The molecule has 0 spiro atoms. The summed E-state index contributed by atoms with van der Waals surface area (Å²) in [5.41, 5.74) is 0. The molecule has 1 aliphatic rings. The monoisotopic (exact) mass is 1160 g/mol. The highest BCUT2D eigenvalue weighted by atomic mass is 16.7. The van der Waals surface area contributed by atoms with Crippen LogP contribution in [0.15, 0.2) is 60.8 Å². The summed E-state index contributed by atoms with van der Waals surface area (Å²) < 4.78 is 17.7. The molecule has 0 aromatic rings. The minimum atomic E-state index is -1.62. The van der Waals surface area contributed by atoms with Crippen molar-refractivity contribution in [3.63, 3.8) is 0 Å². The van der Waals surface area contributed by atoms with Gasteiger partial charge in [-0.3, -0.25) is 9.59 Å². The fourth-order valence-electron chi connectivity index (χ4n) is 10.7. The largest absolute Gasteiger partial charge is 0.454 e. The van der Waals surface area contributed by atoms with E-state index in [0.717, 1.165) is 103 Å². The number of allylic oxidation sites excluding steroid dienone is 9. The lowest BCUT2D eigenvalue weighted by atomic mass is 9.99. The standard InChI is InChI=1S/C71H129NO10/c1-4-7-10-13-16-19-22-25-27-29-31-32-33-34-35-37-39-41-44-47-50-53-56-59-66(76)82-69-68(78)67(77)65(60-73)81-71(69)80-61-62(63(74)57-54-51-48-45-42-24-21-18-15-12-9-6-3)72-70(79)64(75)58-55-52-49-46-43-40-38-36-30-28-26-23-20-17-14-11-8-5-2/h16,19,25,27,31-32,34-35,54,57,62-65,67-69,71,73-75,77-78H,4-15,17-18,20-24,26,28-30,33,36-53,55-56,58-61H2,1-3H3,(H,72,79)/b19-16-,27-25-,32-31-,35-34-,57-54+. The second-order valence-electron chi connectivity index (χ2n) is 23.9. The van der Waals surface area contributed by atoms with E-state index in [2.05, 4.69) is 74.7 Å². The van der Waals surface area contributed by atoms with E-state index in [9.17, 15) is 35.1 Å². The number of ether oxygens (including phenoxy) is 3. The number of carbonyl (C=O) groups excluding carboxylic acids is 2. The lowest BCUT2D eigenvalue weighted by molar-refractivity contribution is -0.305. The highest BCUT2D eigenvalue weighted by molar-refractivity contribution is 5.80. The van der Waals surface area contributed by atoms with Gasteiger partial charge in [-0.15, -0.1) is 0 Å². The van der Waals surface area contributed by atoms with Crippen molar-refractivity contribution in [3.8, 4) is 0 Å². The number of esters is 1. The third-order valence-corrected chi connectivity index (χ3v) is 16.2. The van der Waals surface area contributed by atoms with Crippen LogP contribution < -0.4 is 5.32 Å². The fraction of sp³-hybridized carbons (Fsp3) is 0.831. The Morgan fingerprint density at radius 2 is 0.841 bits per heavy atom. The molecular weight excluding hydrogens is 1030 g/mol. The highest BCUT2D eigenvalue weighted by Crippen LogP contribution is 2.26. The molecule has 0 radical (unpaired) electrons. The number of amides is 1. The molecule has 82 heavy (non-hydrogen) atoms. The maximum Gasteiger partial charge on any atom is 0.306 e.